The SMILES string of the molecule is O=C(CCC1CCCCC1)Nc1ccccc1Cc1nc(-c2cccnc2)no1. The van der Waals surface area contributed by atoms with Crippen molar-refractivity contribution >= 4 is 11.6 Å². The van der Waals surface area contributed by atoms with Gasteiger partial charge in [0.05, 0.1) is 6.42 Å². The number of rotatable bonds is 7. The first kappa shape index (κ1) is 19.3. The highest BCUT2D eigenvalue weighted by Crippen LogP contribution is 2.27. The molecule has 0 radical (unpaired) electrons. The Morgan fingerprint density at radius 2 is 1.97 bits per heavy atom. The fraction of sp³-hybridized carbons (Fsp3) is 0.391. The molecule has 1 N–H and O–H groups in total. The first-order chi connectivity index (χ1) is 14.3. The molecule has 1 aliphatic rings. The third-order valence-corrected chi connectivity index (χ3v) is 5.53. The molecule has 1 fully saturated rings. The van der Waals surface area contributed by atoms with Crippen LogP contribution in [0.1, 0.15) is 56.4 Å². The van der Waals surface area contributed by atoms with E-state index in [9.17, 15) is 4.79 Å². The van der Waals surface area contributed by atoms with Gasteiger partial charge in [0.25, 0.3) is 0 Å². The average molecular weight is 390 g/mol. The highest BCUT2D eigenvalue weighted by Gasteiger charge is 2.16. The molecular formula is C23H26N4O2. The van der Waals surface area contributed by atoms with E-state index in [2.05, 4.69) is 20.4 Å². The average Bonchev–Trinajstić information content (AvgIpc) is 3.24. The van der Waals surface area contributed by atoms with Crippen LogP contribution in [-0.2, 0) is 11.2 Å². The molecule has 2 aromatic heterocycles. The lowest BCUT2D eigenvalue weighted by Crippen LogP contribution is -2.15. The molecule has 1 aromatic carbocycles. The van der Waals surface area contributed by atoms with E-state index in [-0.39, 0.29) is 5.91 Å². The van der Waals surface area contributed by atoms with Crippen molar-refractivity contribution < 1.29 is 9.32 Å². The second-order valence-corrected chi connectivity index (χ2v) is 7.68. The van der Waals surface area contributed by atoms with Gasteiger partial charge in [-0.15, -0.1) is 0 Å². The Bertz CT molecular complexity index is 933. The molecule has 0 atom stereocenters. The van der Waals surface area contributed by atoms with Gasteiger partial charge in [-0.05, 0) is 36.1 Å². The molecule has 0 saturated heterocycles. The van der Waals surface area contributed by atoms with Gasteiger partial charge in [0.1, 0.15) is 0 Å². The number of pyridine rings is 1. The Balaban J connectivity index is 1.38. The zero-order valence-electron chi connectivity index (χ0n) is 16.5. The van der Waals surface area contributed by atoms with Crippen molar-refractivity contribution in [2.24, 2.45) is 5.92 Å². The summed E-state index contributed by atoms with van der Waals surface area (Å²) in [7, 11) is 0. The molecule has 3 aromatic rings. The number of aromatic nitrogens is 3. The number of carbonyl (C=O) groups is 1. The molecular weight excluding hydrogens is 364 g/mol. The minimum absolute atomic E-state index is 0.0737. The van der Waals surface area contributed by atoms with Gasteiger partial charge in [0.2, 0.25) is 17.6 Å². The normalized spacial score (nSPS) is 14.6. The minimum atomic E-state index is 0.0737. The molecule has 1 amide bonds. The monoisotopic (exact) mass is 390 g/mol. The summed E-state index contributed by atoms with van der Waals surface area (Å²) in [6, 6.07) is 11.5. The van der Waals surface area contributed by atoms with Crippen LogP contribution in [0, 0.1) is 5.92 Å². The molecule has 0 spiro atoms. The number of para-hydroxylation sites is 1. The van der Waals surface area contributed by atoms with E-state index < -0.39 is 0 Å². The smallest absolute Gasteiger partial charge is 0.231 e. The van der Waals surface area contributed by atoms with E-state index in [1.165, 1.54) is 32.1 Å². The summed E-state index contributed by atoms with van der Waals surface area (Å²) in [4.78, 5) is 21.0. The molecule has 4 rings (SSSR count). The maximum Gasteiger partial charge on any atom is 0.231 e. The van der Waals surface area contributed by atoms with Crippen LogP contribution >= 0.6 is 0 Å². The third-order valence-electron chi connectivity index (χ3n) is 5.53. The predicted molar refractivity (Wildman–Crippen MR) is 111 cm³/mol. The summed E-state index contributed by atoms with van der Waals surface area (Å²) in [5, 5.41) is 7.11. The molecule has 0 unspecified atom stereocenters. The summed E-state index contributed by atoms with van der Waals surface area (Å²) in [5.41, 5.74) is 2.58. The molecule has 150 valence electrons. The maximum atomic E-state index is 12.5. The summed E-state index contributed by atoms with van der Waals surface area (Å²) >= 11 is 0. The first-order valence-corrected chi connectivity index (χ1v) is 10.4. The lowest BCUT2D eigenvalue weighted by atomic mass is 9.86. The number of benzene rings is 1. The van der Waals surface area contributed by atoms with Gasteiger partial charge < -0.3 is 9.84 Å². The van der Waals surface area contributed by atoms with E-state index in [0.29, 0.717) is 30.5 Å². The standard InChI is InChI=1S/C23H26N4O2/c28-21(13-12-17-7-2-1-3-8-17)25-20-11-5-4-9-18(20)15-22-26-23(27-29-22)19-10-6-14-24-16-19/h4-6,9-11,14,16-17H,1-3,7-8,12-13,15H2,(H,25,28). The Labute approximate surface area is 170 Å². The summed E-state index contributed by atoms with van der Waals surface area (Å²) < 4.78 is 5.41. The maximum absolute atomic E-state index is 12.5. The van der Waals surface area contributed by atoms with Gasteiger partial charge in [-0.3, -0.25) is 9.78 Å². The molecule has 6 heteroatoms. The molecule has 0 bridgehead atoms. The number of hydrogen-bond acceptors (Lipinski definition) is 5. The lowest BCUT2D eigenvalue weighted by Gasteiger charge is -2.21. The van der Waals surface area contributed by atoms with E-state index >= 15 is 0 Å². The Morgan fingerprint density at radius 1 is 1.10 bits per heavy atom. The topological polar surface area (TPSA) is 80.9 Å². The fourth-order valence-electron chi connectivity index (χ4n) is 3.92. The number of nitrogens with one attached hydrogen (secondary N) is 1. The van der Waals surface area contributed by atoms with Gasteiger partial charge in [-0.1, -0.05) is 55.5 Å². The first-order valence-electron chi connectivity index (χ1n) is 10.4. The van der Waals surface area contributed by atoms with E-state index in [1.54, 1.807) is 12.4 Å². The molecule has 29 heavy (non-hydrogen) atoms. The van der Waals surface area contributed by atoms with Crippen LogP contribution in [0.25, 0.3) is 11.4 Å². The molecule has 1 aliphatic carbocycles. The highest BCUT2D eigenvalue weighted by atomic mass is 16.5. The number of nitrogens with zero attached hydrogens (tertiary/aromatic N) is 3. The summed E-state index contributed by atoms with van der Waals surface area (Å²) in [5.74, 6) is 1.80. The number of anilines is 1. The van der Waals surface area contributed by atoms with Crippen LogP contribution in [0.3, 0.4) is 0 Å². The fourth-order valence-corrected chi connectivity index (χ4v) is 3.92. The van der Waals surface area contributed by atoms with Crippen molar-refractivity contribution in [3.05, 3.63) is 60.2 Å². The van der Waals surface area contributed by atoms with Crippen LogP contribution in [0.4, 0.5) is 5.69 Å². The van der Waals surface area contributed by atoms with E-state index in [4.69, 9.17) is 4.52 Å². The lowest BCUT2D eigenvalue weighted by molar-refractivity contribution is -0.116. The van der Waals surface area contributed by atoms with E-state index in [1.807, 2.05) is 36.4 Å². The van der Waals surface area contributed by atoms with Crippen LogP contribution in [0.15, 0.2) is 53.3 Å². The van der Waals surface area contributed by atoms with Crippen LogP contribution < -0.4 is 5.32 Å². The molecule has 1 saturated carbocycles. The highest BCUT2D eigenvalue weighted by molar-refractivity contribution is 5.91. The molecule has 6 nitrogen and oxygen atoms in total. The molecule has 2 heterocycles. The van der Waals surface area contributed by atoms with Crippen molar-refractivity contribution in [2.75, 3.05) is 5.32 Å². The summed E-state index contributed by atoms with van der Waals surface area (Å²) in [6.45, 7) is 0. The predicted octanol–water partition coefficient (Wildman–Crippen LogP) is 5.02. The van der Waals surface area contributed by atoms with Crippen molar-refractivity contribution in [2.45, 2.75) is 51.4 Å². The largest absolute Gasteiger partial charge is 0.339 e. The molecule has 0 aliphatic heterocycles. The second kappa shape index (κ2) is 9.45. The van der Waals surface area contributed by atoms with Crippen molar-refractivity contribution in [1.29, 1.82) is 0 Å². The van der Waals surface area contributed by atoms with Gasteiger partial charge in [0.15, 0.2) is 0 Å². The Hall–Kier alpha value is -3.02. The quantitative estimate of drug-likeness (QED) is 0.612. The van der Waals surface area contributed by atoms with Crippen molar-refractivity contribution in [3.63, 3.8) is 0 Å². The number of amides is 1. The minimum Gasteiger partial charge on any atom is -0.339 e. The Kier molecular flexibility index (Phi) is 6.29. The third kappa shape index (κ3) is 5.28. The second-order valence-electron chi connectivity index (χ2n) is 7.68. The number of carbonyl (C=O) groups excluding carboxylic acids is 1. The van der Waals surface area contributed by atoms with Crippen LogP contribution in [0.2, 0.25) is 0 Å². The van der Waals surface area contributed by atoms with Gasteiger partial charge in [-0.2, -0.15) is 4.98 Å². The van der Waals surface area contributed by atoms with Gasteiger partial charge in [0, 0.05) is 30.1 Å². The van der Waals surface area contributed by atoms with Crippen molar-refractivity contribution in [1.82, 2.24) is 15.1 Å². The zero-order valence-corrected chi connectivity index (χ0v) is 16.5. The van der Waals surface area contributed by atoms with Gasteiger partial charge >= 0.3 is 0 Å². The van der Waals surface area contributed by atoms with Gasteiger partial charge in [-0.25, -0.2) is 0 Å². The van der Waals surface area contributed by atoms with Crippen molar-refractivity contribution in [3.8, 4) is 11.4 Å². The van der Waals surface area contributed by atoms with Crippen LogP contribution in [0.5, 0.6) is 0 Å². The zero-order chi connectivity index (χ0) is 19.9. The number of hydrogen-bond donors (Lipinski definition) is 1. The Morgan fingerprint density at radius 3 is 2.79 bits per heavy atom. The summed E-state index contributed by atoms with van der Waals surface area (Å²) in [6.07, 6.45) is 11.9. The van der Waals surface area contributed by atoms with E-state index in [0.717, 1.165) is 23.2 Å². The van der Waals surface area contributed by atoms with Crippen LogP contribution in [-0.4, -0.2) is 21.0 Å².